The van der Waals surface area contributed by atoms with Gasteiger partial charge in [0.15, 0.2) is 5.82 Å². The monoisotopic (exact) mass is 300 g/mol. The van der Waals surface area contributed by atoms with Gasteiger partial charge in [0.05, 0.1) is 11.6 Å². The largest absolute Gasteiger partial charge is 0.382 e. The van der Waals surface area contributed by atoms with Crippen molar-refractivity contribution in [3.05, 3.63) is 42.5 Å². The minimum absolute atomic E-state index is 0.0137. The summed E-state index contributed by atoms with van der Waals surface area (Å²) >= 11 is 1.36. The van der Waals surface area contributed by atoms with E-state index in [0.29, 0.717) is 5.82 Å². The lowest BCUT2D eigenvalue weighted by atomic mass is 10.1. The first kappa shape index (κ1) is 13.6. The van der Waals surface area contributed by atoms with Gasteiger partial charge in [-0.2, -0.15) is 4.37 Å². The Balaban J connectivity index is 1.92. The SMILES string of the molecule is CC(Nc1snc(N)c1-c1ccccc1)c1nncn1C. The van der Waals surface area contributed by atoms with E-state index in [2.05, 4.69) is 19.9 Å². The van der Waals surface area contributed by atoms with E-state index in [1.807, 2.05) is 48.9 Å². The zero-order valence-corrected chi connectivity index (χ0v) is 12.6. The number of rotatable bonds is 4. The van der Waals surface area contributed by atoms with Crippen LogP contribution in [0.4, 0.5) is 10.8 Å². The summed E-state index contributed by atoms with van der Waals surface area (Å²) < 4.78 is 6.16. The van der Waals surface area contributed by atoms with Crippen LogP contribution in [-0.2, 0) is 7.05 Å². The number of benzene rings is 1. The van der Waals surface area contributed by atoms with Crippen molar-refractivity contribution in [2.24, 2.45) is 7.05 Å². The van der Waals surface area contributed by atoms with Crippen molar-refractivity contribution in [1.82, 2.24) is 19.1 Å². The van der Waals surface area contributed by atoms with Gasteiger partial charge in [0.1, 0.15) is 17.1 Å². The van der Waals surface area contributed by atoms with E-state index in [-0.39, 0.29) is 6.04 Å². The molecule has 7 heteroatoms. The second kappa shape index (κ2) is 5.53. The molecule has 6 nitrogen and oxygen atoms in total. The molecule has 0 saturated carbocycles. The van der Waals surface area contributed by atoms with Gasteiger partial charge in [0.2, 0.25) is 0 Å². The molecule has 0 radical (unpaired) electrons. The molecule has 0 fully saturated rings. The zero-order valence-electron chi connectivity index (χ0n) is 11.8. The molecule has 0 spiro atoms. The van der Waals surface area contributed by atoms with E-state index in [1.54, 1.807) is 6.33 Å². The first-order valence-electron chi connectivity index (χ1n) is 6.58. The van der Waals surface area contributed by atoms with Gasteiger partial charge in [-0.15, -0.1) is 10.2 Å². The normalized spacial score (nSPS) is 12.3. The number of aryl methyl sites for hydroxylation is 1. The highest BCUT2D eigenvalue weighted by molar-refractivity contribution is 7.11. The zero-order chi connectivity index (χ0) is 14.8. The summed E-state index contributed by atoms with van der Waals surface area (Å²) in [7, 11) is 1.92. The van der Waals surface area contributed by atoms with Gasteiger partial charge in [-0.05, 0) is 24.0 Å². The first-order chi connectivity index (χ1) is 10.2. The van der Waals surface area contributed by atoms with Gasteiger partial charge in [0, 0.05) is 7.05 Å². The van der Waals surface area contributed by atoms with E-state index in [9.17, 15) is 0 Å². The van der Waals surface area contributed by atoms with Crippen molar-refractivity contribution in [3.8, 4) is 11.1 Å². The fourth-order valence-corrected chi connectivity index (χ4v) is 3.05. The van der Waals surface area contributed by atoms with Gasteiger partial charge in [0.25, 0.3) is 0 Å². The van der Waals surface area contributed by atoms with Crippen molar-refractivity contribution < 1.29 is 0 Å². The average molecular weight is 300 g/mol. The van der Waals surface area contributed by atoms with Crippen molar-refractivity contribution in [1.29, 1.82) is 0 Å². The predicted octanol–water partition coefficient (Wildman–Crippen LogP) is 2.69. The number of anilines is 2. The molecule has 0 aliphatic rings. The molecule has 1 atom stereocenters. The molecular weight excluding hydrogens is 284 g/mol. The van der Waals surface area contributed by atoms with E-state index in [1.165, 1.54) is 11.5 Å². The van der Waals surface area contributed by atoms with Gasteiger partial charge < -0.3 is 15.6 Å². The van der Waals surface area contributed by atoms with E-state index in [0.717, 1.165) is 22.0 Å². The molecule has 1 aromatic carbocycles. The van der Waals surface area contributed by atoms with Gasteiger partial charge >= 0.3 is 0 Å². The minimum Gasteiger partial charge on any atom is -0.382 e. The Morgan fingerprint density at radius 3 is 2.71 bits per heavy atom. The first-order valence-corrected chi connectivity index (χ1v) is 7.35. The summed E-state index contributed by atoms with van der Waals surface area (Å²) in [5, 5.41) is 12.4. The van der Waals surface area contributed by atoms with Crippen molar-refractivity contribution >= 4 is 22.4 Å². The molecule has 21 heavy (non-hydrogen) atoms. The third-order valence-corrected chi connectivity index (χ3v) is 4.05. The van der Waals surface area contributed by atoms with Crippen LogP contribution in [0.5, 0.6) is 0 Å². The lowest BCUT2D eigenvalue weighted by molar-refractivity contribution is 0.721. The minimum atomic E-state index is 0.0137. The third-order valence-electron chi connectivity index (χ3n) is 3.26. The number of nitrogen functional groups attached to an aromatic ring is 1. The van der Waals surface area contributed by atoms with Crippen molar-refractivity contribution in [3.63, 3.8) is 0 Å². The fraction of sp³-hybridized carbons (Fsp3) is 0.214. The fourth-order valence-electron chi connectivity index (χ4n) is 2.23. The number of hydrogen-bond acceptors (Lipinski definition) is 6. The van der Waals surface area contributed by atoms with E-state index in [4.69, 9.17) is 5.73 Å². The maximum atomic E-state index is 6.02. The molecule has 0 aliphatic heterocycles. The Kier molecular flexibility index (Phi) is 3.57. The van der Waals surface area contributed by atoms with Crippen LogP contribution in [0.1, 0.15) is 18.8 Å². The second-order valence-electron chi connectivity index (χ2n) is 4.80. The summed E-state index contributed by atoms with van der Waals surface area (Å²) in [4.78, 5) is 0. The molecule has 0 saturated heterocycles. The van der Waals surface area contributed by atoms with Crippen LogP contribution in [0.2, 0.25) is 0 Å². The molecule has 3 aromatic rings. The van der Waals surface area contributed by atoms with Crippen LogP contribution in [0.15, 0.2) is 36.7 Å². The molecule has 0 aliphatic carbocycles. The Bertz CT molecular complexity index is 733. The average Bonchev–Trinajstić information content (AvgIpc) is 3.06. The molecule has 1 unspecified atom stereocenters. The summed E-state index contributed by atoms with van der Waals surface area (Å²) in [5.74, 6) is 1.40. The summed E-state index contributed by atoms with van der Waals surface area (Å²) in [5.41, 5.74) is 8.02. The van der Waals surface area contributed by atoms with Crippen molar-refractivity contribution in [2.45, 2.75) is 13.0 Å². The smallest absolute Gasteiger partial charge is 0.154 e. The number of hydrogen-bond donors (Lipinski definition) is 2. The number of nitrogens with zero attached hydrogens (tertiary/aromatic N) is 4. The highest BCUT2D eigenvalue weighted by Gasteiger charge is 2.18. The highest BCUT2D eigenvalue weighted by Crippen LogP contribution is 2.38. The maximum absolute atomic E-state index is 6.02. The lowest BCUT2D eigenvalue weighted by Crippen LogP contribution is -2.11. The van der Waals surface area contributed by atoms with Gasteiger partial charge in [-0.25, -0.2) is 0 Å². The molecular formula is C14H16N6S. The van der Waals surface area contributed by atoms with Crippen LogP contribution < -0.4 is 11.1 Å². The van der Waals surface area contributed by atoms with Crippen LogP contribution in [0.25, 0.3) is 11.1 Å². The third kappa shape index (κ3) is 2.59. The predicted molar refractivity (Wildman–Crippen MR) is 85.0 cm³/mol. The van der Waals surface area contributed by atoms with E-state index >= 15 is 0 Å². The highest BCUT2D eigenvalue weighted by atomic mass is 32.1. The van der Waals surface area contributed by atoms with E-state index < -0.39 is 0 Å². The van der Waals surface area contributed by atoms with Gasteiger partial charge in [-0.1, -0.05) is 30.3 Å². The van der Waals surface area contributed by atoms with Crippen LogP contribution in [0, 0.1) is 0 Å². The summed E-state index contributed by atoms with van der Waals surface area (Å²) in [6.45, 7) is 2.04. The Labute approximate surface area is 126 Å². The lowest BCUT2D eigenvalue weighted by Gasteiger charge is -2.14. The molecule has 2 aromatic heterocycles. The molecule has 0 amide bonds. The maximum Gasteiger partial charge on any atom is 0.154 e. The summed E-state index contributed by atoms with van der Waals surface area (Å²) in [6.07, 6.45) is 1.69. The second-order valence-corrected chi connectivity index (χ2v) is 5.58. The quantitative estimate of drug-likeness (QED) is 0.774. The standard InChI is InChI=1S/C14H16N6S/c1-9(13-18-16-8-20(13)2)17-14-11(12(15)19-21-14)10-6-4-3-5-7-10/h3-9,17H,1-2H3,(H2,15,19). The Hall–Kier alpha value is -2.41. The number of aromatic nitrogens is 4. The molecule has 2 heterocycles. The van der Waals surface area contributed by atoms with Gasteiger partial charge in [-0.3, -0.25) is 0 Å². The summed E-state index contributed by atoms with van der Waals surface area (Å²) in [6, 6.07) is 10.0. The van der Waals surface area contributed by atoms with Crippen molar-refractivity contribution in [2.75, 3.05) is 11.1 Å². The molecule has 3 rings (SSSR count). The number of nitrogens with two attached hydrogens (primary N) is 1. The molecule has 108 valence electrons. The van der Waals surface area contributed by atoms with Crippen LogP contribution >= 0.6 is 11.5 Å². The Morgan fingerprint density at radius 2 is 2.05 bits per heavy atom. The number of nitrogens with one attached hydrogen (secondary N) is 1. The van der Waals surface area contributed by atoms with Crippen LogP contribution in [-0.4, -0.2) is 19.1 Å². The van der Waals surface area contributed by atoms with Crippen LogP contribution in [0.3, 0.4) is 0 Å². The topological polar surface area (TPSA) is 81.7 Å². The Morgan fingerprint density at radius 1 is 1.29 bits per heavy atom. The molecule has 0 bridgehead atoms. The molecule has 3 N–H and O–H groups in total.